The molecule has 2 aromatic heterocycles. The van der Waals surface area contributed by atoms with Gasteiger partial charge < -0.3 is 0 Å². The number of aromatic amines is 1. The van der Waals surface area contributed by atoms with E-state index in [1.165, 1.54) is 0 Å². The maximum absolute atomic E-state index is 11.4. The van der Waals surface area contributed by atoms with E-state index in [1.54, 1.807) is 10.8 Å². The van der Waals surface area contributed by atoms with E-state index in [0.29, 0.717) is 12.4 Å². The van der Waals surface area contributed by atoms with E-state index in [9.17, 15) is 4.79 Å². The van der Waals surface area contributed by atoms with Gasteiger partial charge in [0.2, 0.25) is 0 Å². The van der Waals surface area contributed by atoms with Crippen molar-refractivity contribution >= 4 is 0 Å². The van der Waals surface area contributed by atoms with Crippen LogP contribution in [-0.2, 0) is 13.1 Å². The standard InChI is InChI=1S/C9H13N5O/c1-3-13-8(11-12-9(13)15)7-5-6-10-14(7)4-2/h5-6H,3-4H2,1-2H3,(H,12,15). The number of aryl methyl sites for hydroxylation is 1. The van der Waals surface area contributed by atoms with Crippen LogP contribution in [-0.4, -0.2) is 24.5 Å². The quantitative estimate of drug-likeness (QED) is 0.795. The molecule has 0 bridgehead atoms. The van der Waals surface area contributed by atoms with Gasteiger partial charge in [0.05, 0.1) is 0 Å². The van der Waals surface area contributed by atoms with Gasteiger partial charge in [0.1, 0.15) is 5.69 Å². The Hall–Kier alpha value is -1.85. The summed E-state index contributed by atoms with van der Waals surface area (Å²) in [7, 11) is 0. The first-order valence-corrected chi connectivity index (χ1v) is 4.95. The van der Waals surface area contributed by atoms with Crippen LogP contribution in [0.1, 0.15) is 13.8 Å². The number of aromatic nitrogens is 5. The molecule has 0 unspecified atom stereocenters. The molecule has 0 aliphatic rings. The summed E-state index contributed by atoms with van der Waals surface area (Å²) in [5.74, 6) is 0.641. The molecular weight excluding hydrogens is 194 g/mol. The minimum Gasteiger partial charge on any atom is -0.274 e. The van der Waals surface area contributed by atoms with Crippen LogP contribution in [0.4, 0.5) is 0 Å². The van der Waals surface area contributed by atoms with Crippen LogP contribution in [0.15, 0.2) is 17.1 Å². The summed E-state index contributed by atoms with van der Waals surface area (Å²) in [6.45, 7) is 5.26. The minimum atomic E-state index is -0.184. The molecule has 0 saturated heterocycles. The second-order valence-electron chi connectivity index (χ2n) is 3.13. The zero-order chi connectivity index (χ0) is 10.8. The summed E-state index contributed by atoms with van der Waals surface area (Å²) >= 11 is 0. The molecule has 0 spiro atoms. The fourth-order valence-electron chi connectivity index (χ4n) is 1.58. The molecule has 2 rings (SSSR count). The van der Waals surface area contributed by atoms with Gasteiger partial charge >= 0.3 is 5.69 Å². The van der Waals surface area contributed by atoms with E-state index < -0.39 is 0 Å². The van der Waals surface area contributed by atoms with E-state index in [0.717, 1.165) is 12.2 Å². The molecule has 6 heteroatoms. The van der Waals surface area contributed by atoms with Crippen LogP contribution < -0.4 is 5.69 Å². The van der Waals surface area contributed by atoms with Gasteiger partial charge in [0.25, 0.3) is 0 Å². The second kappa shape index (κ2) is 3.72. The molecular formula is C9H13N5O. The average molecular weight is 207 g/mol. The van der Waals surface area contributed by atoms with E-state index in [1.807, 2.05) is 24.6 Å². The lowest BCUT2D eigenvalue weighted by atomic mass is 10.4. The van der Waals surface area contributed by atoms with Gasteiger partial charge in [-0.15, -0.1) is 0 Å². The van der Waals surface area contributed by atoms with Crippen LogP contribution in [0.3, 0.4) is 0 Å². The molecule has 0 saturated carbocycles. The average Bonchev–Trinajstić information content (AvgIpc) is 2.82. The molecule has 0 atom stereocenters. The lowest BCUT2D eigenvalue weighted by molar-refractivity contribution is 0.653. The van der Waals surface area contributed by atoms with Crippen molar-refractivity contribution in [3.05, 3.63) is 22.7 Å². The van der Waals surface area contributed by atoms with Gasteiger partial charge in [-0.25, -0.2) is 9.89 Å². The first kappa shape index (κ1) is 9.70. The lowest BCUT2D eigenvalue weighted by Crippen LogP contribution is -2.17. The summed E-state index contributed by atoms with van der Waals surface area (Å²) < 4.78 is 3.39. The van der Waals surface area contributed by atoms with Crippen molar-refractivity contribution in [3.8, 4) is 11.5 Å². The van der Waals surface area contributed by atoms with Crippen molar-refractivity contribution < 1.29 is 0 Å². The molecule has 0 aliphatic carbocycles. The fraction of sp³-hybridized carbons (Fsp3) is 0.444. The van der Waals surface area contributed by atoms with Gasteiger partial charge in [-0.2, -0.15) is 10.2 Å². The monoisotopic (exact) mass is 207 g/mol. The summed E-state index contributed by atoms with van der Waals surface area (Å²) in [6.07, 6.45) is 1.71. The molecule has 0 fully saturated rings. The van der Waals surface area contributed by atoms with Gasteiger partial charge in [-0.3, -0.25) is 9.25 Å². The predicted molar refractivity (Wildman–Crippen MR) is 55.4 cm³/mol. The second-order valence-corrected chi connectivity index (χ2v) is 3.13. The van der Waals surface area contributed by atoms with Crippen molar-refractivity contribution in [2.24, 2.45) is 0 Å². The van der Waals surface area contributed by atoms with Crippen molar-refractivity contribution in [2.75, 3.05) is 0 Å². The normalized spacial score (nSPS) is 10.8. The number of rotatable bonds is 3. The summed E-state index contributed by atoms with van der Waals surface area (Å²) in [5.41, 5.74) is 0.675. The number of H-pyrrole nitrogens is 1. The molecule has 15 heavy (non-hydrogen) atoms. The predicted octanol–water partition coefficient (Wildman–Crippen LogP) is 0.475. The Morgan fingerprint density at radius 1 is 1.40 bits per heavy atom. The van der Waals surface area contributed by atoms with Crippen LogP contribution in [0.2, 0.25) is 0 Å². The van der Waals surface area contributed by atoms with Crippen LogP contribution >= 0.6 is 0 Å². The van der Waals surface area contributed by atoms with Gasteiger partial charge in [-0.05, 0) is 19.9 Å². The largest absolute Gasteiger partial charge is 0.343 e. The van der Waals surface area contributed by atoms with Crippen LogP contribution in [0.25, 0.3) is 11.5 Å². The van der Waals surface area contributed by atoms with Crippen LogP contribution in [0, 0.1) is 0 Å². The van der Waals surface area contributed by atoms with Gasteiger partial charge in [-0.1, -0.05) is 0 Å². The molecule has 6 nitrogen and oxygen atoms in total. The lowest BCUT2D eigenvalue weighted by Gasteiger charge is -2.04. The Kier molecular flexibility index (Phi) is 2.40. The van der Waals surface area contributed by atoms with Gasteiger partial charge in [0.15, 0.2) is 5.82 Å². The number of hydrogen-bond donors (Lipinski definition) is 1. The summed E-state index contributed by atoms with van der Waals surface area (Å²) in [5, 5.41) is 10.6. The molecule has 0 aliphatic heterocycles. The van der Waals surface area contributed by atoms with Crippen molar-refractivity contribution in [3.63, 3.8) is 0 Å². The Morgan fingerprint density at radius 3 is 2.87 bits per heavy atom. The highest BCUT2D eigenvalue weighted by molar-refractivity contribution is 5.48. The molecule has 0 aromatic carbocycles. The Bertz CT molecular complexity index is 507. The maximum atomic E-state index is 11.4. The number of nitrogens with zero attached hydrogens (tertiary/aromatic N) is 4. The molecule has 1 N–H and O–H groups in total. The van der Waals surface area contributed by atoms with E-state index in [2.05, 4.69) is 15.3 Å². The highest BCUT2D eigenvalue weighted by Gasteiger charge is 2.12. The van der Waals surface area contributed by atoms with Crippen molar-refractivity contribution in [1.29, 1.82) is 0 Å². The smallest absolute Gasteiger partial charge is 0.274 e. The van der Waals surface area contributed by atoms with E-state index in [4.69, 9.17) is 0 Å². The zero-order valence-electron chi connectivity index (χ0n) is 8.77. The third-order valence-corrected chi connectivity index (χ3v) is 2.32. The SMILES string of the molecule is CCn1nccc1-c1n[nH]c(=O)n1CC. The molecule has 0 radical (unpaired) electrons. The Morgan fingerprint density at radius 2 is 2.20 bits per heavy atom. The highest BCUT2D eigenvalue weighted by atomic mass is 16.1. The van der Waals surface area contributed by atoms with Crippen molar-refractivity contribution in [1.82, 2.24) is 24.5 Å². The first-order valence-electron chi connectivity index (χ1n) is 4.95. The topological polar surface area (TPSA) is 68.5 Å². The third-order valence-electron chi connectivity index (χ3n) is 2.32. The summed E-state index contributed by atoms with van der Waals surface area (Å²) in [4.78, 5) is 11.4. The Labute approximate surface area is 86.5 Å². The maximum Gasteiger partial charge on any atom is 0.343 e. The first-order chi connectivity index (χ1) is 7.27. The summed E-state index contributed by atoms with van der Waals surface area (Å²) in [6, 6.07) is 1.85. The highest BCUT2D eigenvalue weighted by Crippen LogP contribution is 2.13. The third kappa shape index (κ3) is 1.47. The molecule has 2 heterocycles. The molecule has 2 aromatic rings. The number of hydrogen-bond acceptors (Lipinski definition) is 3. The van der Waals surface area contributed by atoms with E-state index in [-0.39, 0.29) is 5.69 Å². The van der Waals surface area contributed by atoms with Crippen molar-refractivity contribution in [2.45, 2.75) is 26.9 Å². The zero-order valence-corrected chi connectivity index (χ0v) is 8.77. The molecule has 80 valence electrons. The van der Waals surface area contributed by atoms with E-state index >= 15 is 0 Å². The Balaban J connectivity index is 2.58. The fourth-order valence-corrected chi connectivity index (χ4v) is 1.58. The number of nitrogens with one attached hydrogen (secondary N) is 1. The van der Waals surface area contributed by atoms with Crippen LogP contribution in [0.5, 0.6) is 0 Å². The van der Waals surface area contributed by atoms with Gasteiger partial charge in [0, 0.05) is 19.3 Å². The molecule has 0 amide bonds. The minimum absolute atomic E-state index is 0.184.